The van der Waals surface area contributed by atoms with Crippen molar-refractivity contribution in [1.82, 2.24) is 0 Å². The molecule has 0 aromatic heterocycles. The SMILES string of the molecule is CCCCCCCCCCCCCC(=O)C(C)(C)OCCC(C)(C)OC. The van der Waals surface area contributed by atoms with E-state index in [-0.39, 0.29) is 11.4 Å². The van der Waals surface area contributed by atoms with Crippen molar-refractivity contribution in [2.75, 3.05) is 13.7 Å². The Bertz CT molecular complexity index is 347. The highest BCUT2D eigenvalue weighted by Gasteiger charge is 2.28. The Morgan fingerprint density at radius 3 is 1.69 bits per heavy atom. The molecular weight excluding hydrogens is 324 g/mol. The largest absolute Gasteiger partial charge is 0.379 e. The molecule has 3 nitrogen and oxygen atoms in total. The number of rotatable bonds is 18. The smallest absolute Gasteiger partial charge is 0.164 e. The zero-order valence-electron chi connectivity index (χ0n) is 18.6. The van der Waals surface area contributed by atoms with Gasteiger partial charge in [0.1, 0.15) is 5.60 Å². The molecule has 0 aliphatic rings. The van der Waals surface area contributed by atoms with E-state index in [0.29, 0.717) is 13.0 Å². The highest BCUT2D eigenvalue weighted by Crippen LogP contribution is 2.20. The Hall–Kier alpha value is -0.410. The predicted octanol–water partition coefficient (Wildman–Crippen LogP) is 6.87. The molecule has 0 aromatic carbocycles. The van der Waals surface area contributed by atoms with E-state index in [1.54, 1.807) is 7.11 Å². The summed E-state index contributed by atoms with van der Waals surface area (Å²) in [4.78, 5) is 12.4. The third-order valence-corrected chi connectivity index (χ3v) is 5.40. The maximum Gasteiger partial charge on any atom is 0.164 e. The van der Waals surface area contributed by atoms with Gasteiger partial charge in [-0.05, 0) is 40.5 Å². The first-order chi connectivity index (χ1) is 12.2. The fourth-order valence-electron chi connectivity index (χ4n) is 2.99. The number of ether oxygens (including phenoxy) is 2. The van der Waals surface area contributed by atoms with Crippen LogP contribution in [0.3, 0.4) is 0 Å². The van der Waals surface area contributed by atoms with E-state index in [1.165, 1.54) is 57.8 Å². The molecule has 0 atom stereocenters. The van der Waals surface area contributed by atoms with Gasteiger partial charge in [-0.2, -0.15) is 0 Å². The van der Waals surface area contributed by atoms with Crippen LogP contribution in [0.1, 0.15) is 118 Å². The minimum Gasteiger partial charge on any atom is -0.379 e. The summed E-state index contributed by atoms with van der Waals surface area (Å²) in [7, 11) is 1.71. The fourth-order valence-corrected chi connectivity index (χ4v) is 2.99. The van der Waals surface area contributed by atoms with Gasteiger partial charge in [-0.25, -0.2) is 0 Å². The molecule has 0 radical (unpaired) electrons. The van der Waals surface area contributed by atoms with E-state index in [0.717, 1.165) is 19.3 Å². The van der Waals surface area contributed by atoms with Gasteiger partial charge in [-0.3, -0.25) is 4.79 Å². The quantitative estimate of drug-likeness (QED) is 0.247. The second-order valence-electron chi connectivity index (χ2n) is 8.78. The Balaban J connectivity index is 3.65. The van der Waals surface area contributed by atoms with Crippen molar-refractivity contribution in [2.24, 2.45) is 0 Å². The highest BCUT2D eigenvalue weighted by molar-refractivity contribution is 5.86. The van der Waals surface area contributed by atoms with Gasteiger partial charge in [0.15, 0.2) is 5.78 Å². The van der Waals surface area contributed by atoms with Gasteiger partial charge in [-0.1, -0.05) is 71.1 Å². The van der Waals surface area contributed by atoms with Gasteiger partial charge in [0.2, 0.25) is 0 Å². The number of carbonyl (C=O) groups is 1. The van der Waals surface area contributed by atoms with Crippen LogP contribution in [0.5, 0.6) is 0 Å². The minimum atomic E-state index is -0.678. The minimum absolute atomic E-state index is 0.199. The second kappa shape index (κ2) is 14.6. The lowest BCUT2D eigenvalue weighted by Crippen LogP contribution is -2.37. The summed E-state index contributed by atoms with van der Waals surface area (Å²) in [5, 5.41) is 0. The van der Waals surface area contributed by atoms with Crippen LogP contribution in [-0.2, 0) is 14.3 Å². The van der Waals surface area contributed by atoms with E-state index in [2.05, 4.69) is 6.92 Å². The third kappa shape index (κ3) is 13.7. The molecule has 0 aliphatic heterocycles. The number of hydrogen-bond donors (Lipinski definition) is 0. The number of unbranched alkanes of at least 4 members (excludes halogenated alkanes) is 10. The van der Waals surface area contributed by atoms with Crippen molar-refractivity contribution in [2.45, 2.75) is 129 Å². The molecule has 0 fully saturated rings. The lowest BCUT2D eigenvalue weighted by atomic mass is 9.97. The average molecular weight is 371 g/mol. The number of ketones is 1. The third-order valence-electron chi connectivity index (χ3n) is 5.40. The molecule has 0 rings (SSSR count). The summed E-state index contributed by atoms with van der Waals surface area (Å²) in [6.45, 7) is 10.7. The standard InChI is InChI=1S/C23H46O3/c1-7-8-9-10-11-12-13-14-15-16-17-18-21(24)23(4,5)26-20-19-22(2,3)25-6/h7-20H2,1-6H3. The molecule has 26 heavy (non-hydrogen) atoms. The zero-order valence-corrected chi connectivity index (χ0v) is 18.6. The number of methoxy groups -OCH3 is 1. The monoisotopic (exact) mass is 370 g/mol. The number of Topliss-reactive ketones (excluding diaryl/α,β-unsaturated/α-hetero) is 1. The highest BCUT2D eigenvalue weighted by atomic mass is 16.5. The van der Waals surface area contributed by atoms with Crippen molar-refractivity contribution in [3.05, 3.63) is 0 Å². The molecule has 0 aromatic rings. The lowest BCUT2D eigenvalue weighted by Gasteiger charge is -2.28. The molecule has 0 unspecified atom stereocenters. The Labute approximate surface area is 163 Å². The summed E-state index contributed by atoms with van der Waals surface area (Å²) < 4.78 is 11.2. The summed E-state index contributed by atoms with van der Waals surface area (Å²) in [5.41, 5.74) is -0.878. The molecule has 0 saturated heterocycles. The Morgan fingerprint density at radius 1 is 0.769 bits per heavy atom. The van der Waals surface area contributed by atoms with Gasteiger partial charge in [-0.15, -0.1) is 0 Å². The fraction of sp³-hybridized carbons (Fsp3) is 0.957. The van der Waals surface area contributed by atoms with Gasteiger partial charge in [0, 0.05) is 13.5 Å². The maximum atomic E-state index is 12.4. The van der Waals surface area contributed by atoms with Crippen molar-refractivity contribution >= 4 is 5.78 Å². The second-order valence-corrected chi connectivity index (χ2v) is 8.78. The first-order valence-corrected chi connectivity index (χ1v) is 11.0. The average Bonchev–Trinajstić information content (AvgIpc) is 2.59. The van der Waals surface area contributed by atoms with E-state index in [1.807, 2.05) is 27.7 Å². The molecule has 0 heterocycles. The van der Waals surface area contributed by atoms with E-state index >= 15 is 0 Å². The molecule has 3 heteroatoms. The summed E-state index contributed by atoms with van der Waals surface area (Å²) in [5.74, 6) is 0.226. The van der Waals surface area contributed by atoms with Crippen LogP contribution in [0.2, 0.25) is 0 Å². The molecule has 0 saturated carbocycles. The summed E-state index contributed by atoms with van der Waals surface area (Å²) >= 11 is 0. The lowest BCUT2D eigenvalue weighted by molar-refractivity contribution is -0.142. The van der Waals surface area contributed by atoms with Crippen molar-refractivity contribution in [3.63, 3.8) is 0 Å². The molecule has 0 spiro atoms. The zero-order chi connectivity index (χ0) is 19.9. The molecule has 0 bridgehead atoms. The van der Waals surface area contributed by atoms with E-state index in [9.17, 15) is 4.79 Å². The topological polar surface area (TPSA) is 35.5 Å². The Kier molecular flexibility index (Phi) is 14.4. The number of hydrogen-bond acceptors (Lipinski definition) is 3. The summed E-state index contributed by atoms with van der Waals surface area (Å²) in [6, 6.07) is 0. The first kappa shape index (κ1) is 25.6. The number of carbonyl (C=O) groups excluding carboxylic acids is 1. The van der Waals surface area contributed by atoms with Gasteiger partial charge >= 0.3 is 0 Å². The van der Waals surface area contributed by atoms with Crippen LogP contribution in [0.15, 0.2) is 0 Å². The van der Waals surface area contributed by atoms with Crippen LogP contribution in [-0.4, -0.2) is 30.7 Å². The molecule has 0 N–H and O–H groups in total. The van der Waals surface area contributed by atoms with Crippen LogP contribution >= 0.6 is 0 Å². The van der Waals surface area contributed by atoms with Crippen LogP contribution in [0.25, 0.3) is 0 Å². The van der Waals surface area contributed by atoms with E-state index in [4.69, 9.17) is 9.47 Å². The normalized spacial score (nSPS) is 12.5. The van der Waals surface area contributed by atoms with Gasteiger partial charge < -0.3 is 9.47 Å². The molecular formula is C23H46O3. The predicted molar refractivity (Wildman–Crippen MR) is 112 cm³/mol. The van der Waals surface area contributed by atoms with Crippen molar-refractivity contribution < 1.29 is 14.3 Å². The van der Waals surface area contributed by atoms with Crippen molar-refractivity contribution in [1.29, 1.82) is 0 Å². The van der Waals surface area contributed by atoms with Crippen LogP contribution < -0.4 is 0 Å². The van der Waals surface area contributed by atoms with E-state index < -0.39 is 5.60 Å². The molecule has 0 aliphatic carbocycles. The summed E-state index contributed by atoms with van der Waals surface area (Å²) in [6.07, 6.45) is 15.8. The van der Waals surface area contributed by atoms with Crippen LogP contribution in [0.4, 0.5) is 0 Å². The first-order valence-electron chi connectivity index (χ1n) is 11.0. The van der Waals surface area contributed by atoms with Gasteiger partial charge in [0.05, 0.1) is 12.2 Å². The molecule has 156 valence electrons. The van der Waals surface area contributed by atoms with Crippen molar-refractivity contribution in [3.8, 4) is 0 Å². The maximum absolute atomic E-state index is 12.4. The van der Waals surface area contributed by atoms with Gasteiger partial charge in [0.25, 0.3) is 0 Å². The van der Waals surface area contributed by atoms with Crippen LogP contribution in [0, 0.1) is 0 Å². The Morgan fingerprint density at radius 2 is 1.23 bits per heavy atom. The molecule has 0 amide bonds.